The molecule has 2 aliphatic rings. The topological polar surface area (TPSA) is 23.5 Å². The fraction of sp³-hybridized carbons (Fsp3) is 0.750. The minimum Gasteiger partial charge on any atom is -0.388 e. The van der Waals surface area contributed by atoms with Gasteiger partial charge in [-0.2, -0.15) is 0 Å². The second-order valence-corrected chi connectivity index (χ2v) is 6.10. The summed E-state index contributed by atoms with van der Waals surface area (Å²) in [6, 6.07) is 0.399. The van der Waals surface area contributed by atoms with Crippen molar-refractivity contribution in [2.24, 2.45) is 0 Å². The van der Waals surface area contributed by atoms with E-state index in [-0.39, 0.29) is 0 Å². The molecule has 18 heavy (non-hydrogen) atoms. The second-order valence-electron chi connectivity index (χ2n) is 6.10. The molecule has 2 aliphatic heterocycles. The molecule has 0 radical (unpaired) electrons. The molecule has 102 valence electrons. The van der Waals surface area contributed by atoms with Crippen molar-refractivity contribution in [3.05, 3.63) is 24.3 Å². The van der Waals surface area contributed by atoms with Crippen LogP contribution in [0.4, 0.5) is 0 Å². The average Bonchev–Trinajstić information content (AvgIpc) is 2.77. The van der Waals surface area contributed by atoms with Crippen LogP contribution in [0.1, 0.15) is 51.9 Å². The van der Waals surface area contributed by atoms with Crippen LogP contribution in [0.2, 0.25) is 0 Å². The van der Waals surface area contributed by atoms with Gasteiger partial charge in [-0.05, 0) is 58.4 Å². The molecule has 0 unspecified atom stereocenters. The molecule has 0 amide bonds. The summed E-state index contributed by atoms with van der Waals surface area (Å²) in [6.07, 6.45) is 12.4. The number of nitrogens with zero attached hydrogens (tertiary/aromatic N) is 1. The summed E-state index contributed by atoms with van der Waals surface area (Å²) in [4.78, 5) is 2.47. The van der Waals surface area contributed by atoms with E-state index < -0.39 is 5.60 Å². The average molecular weight is 249 g/mol. The minimum absolute atomic E-state index is 0.399. The maximum Gasteiger partial charge on any atom is 0.0811 e. The molecule has 2 heteroatoms. The van der Waals surface area contributed by atoms with Crippen molar-refractivity contribution in [3.63, 3.8) is 0 Å². The highest BCUT2D eigenvalue weighted by molar-refractivity contribution is 5.16. The molecule has 0 aliphatic carbocycles. The zero-order chi connectivity index (χ0) is 13.0. The maximum atomic E-state index is 10.6. The van der Waals surface area contributed by atoms with Gasteiger partial charge in [-0.3, -0.25) is 4.90 Å². The Bertz CT molecular complexity index is 319. The van der Waals surface area contributed by atoms with Crippen molar-refractivity contribution >= 4 is 0 Å². The number of fused-ring (bicyclic) bond motifs is 1. The molecular weight excluding hydrogens is 222 g/mol. The molecule has 0 aromatic rings. The minimum atomic E-state index is -0.512. The van der Waals surface area contributed by atoms with Crippen LogP contribution in [-0.2, 0) is 0 Å². The quantitative estimate of drug-likeness (QED) is 0.597. The Labute approximate surface area is 111 Å². The molecule has 0 aromatic heterocycles. The molecule has 2 atom stereocenters. The van der Waals surface area contributed by atoms with Gasteiger partial charge < -0.3 is 5.11 Å². The van der Waals surface area contributed by atoms with Gasteiger partial charge in [0, 0.05) is 12.6 Å². The van der Waals surface area contributed by atoms with Crippen molar-refractivity contribution in [1.29, 1.82) is 0 Å². The maximum absolute atomic E-state index is 10.6. The molecule has 0 saturated carbocycles. The highest BCUT2D eigenvalue weighted by atomic mass is 16.3. The summed E-state index contributed by atoms with van der Waals surface area (Å²) >= 11 is 0. The Morgan fingerprint density at radius 2 is 2.22 bits per heavy atom. The number of piperidine rings is 1. The Morgan fingerprint density at radius 3 is 3.00 bits per heavy atom. The van der Waals surface area contributed by atoms with Crippen LogP contribution in [0.15, 0.2) is 24.3 Å². The van der Waals surface area contributed by atoms with Gasteiger partial charge in [0.1, 0.15) is 0 Å². The fourth-order valence-electron chi connectivity index (χ4n) is 3.49. The van der Waals surface area contributed by atoms with Gasteiger partial charge >= 0.3 is 0 Å². The van der Waals surface area contributed by atoms with Crippen LogP contribution >= 0.6 is 0 Å². The van der Waals surface area contributed by atoms with E-state index in [1.165, 1.54) is 31.3 Å². The van der Waals surface area contributed by atoms with Gasteiger partial charge in [-0.1, -0.05) is 17.7 Å². The summed E-state index contributed by atoms with van der Waals surface area (Å²) < 4.78 is 0. The zero-order valence-electron chi connectivity index (χ0n) is 11.7. The smallest absolute Gasteiger partial charge is 0.0811 e. The van der Waals surface area contributed by atoms with Crippen LogP contribution in [0, 0.1) is 0 Å². The molecule has 2 heterocycles. The van der Waals surface area contributed by atoms with Crippen molar-refractivity contribution in [2.75, 3.05) is 13.1 Å². The number of rotatable bonds is 5. The van der Waals surface area contributed by atoms with Gasteiger partial charge in [0.25, 0.3) is 0 Å². The summed E-state index contributed by atoms with van der Waals surface area (Å²) in [5, 5.41) is 10.6. The molecule has 2 rings (SSSR count). The highest BCUT2D eigenvalue weighted by Gasteiger charge is 2.43. The van der Waals surface area contributed by atoms with Gasteiger partial charge in [-0.25, -0.2) is 0 Å². The van der Waals surface area contributed by atoms with E-state index in [2.05, 4.69) is 17.6 Å². The summed E-state index contributed by atoms with van der Waals surface area (Å²) in [7, 11) is 0. The number of unbranched alkanes of at least 4 members (excludes halogenated alkanes) is 3. The summed E-state index contributed by atoms with van der Waals surface area (Å²) in [5.41, 5.74) is 0.929. The third kappa shape index (κ3) is 3.24. The third-order valence-electron chi connectivity index (χ3n) is 4.37. The number of allylic oxidation sites excluding steroid dienone is 2. The predicted molar refractivity (Wildman–Crippen MR) is 76.6 cm³/mol. The largest absolute Gasteiger partial charge is 0.388 e. The predicted octanol–water partition coefficient (Wildman–Crippen LogP) is 3.28. The highest BCUT2D eigenvalue weighted by Crippen LogP contribution is 2.36. The van der Waals surface area contributed by atoms with Crippen LogP contribution in [-0.4, -0.2) is 34.7 Å². The van der Waals surface area contributed by atoms with Crippen LogP contribution in [0.3, 0.4) is 0 Å². The number of aliphatic hydroxyl groups is 1. The third-order valence-corrected chi connectivity index (χ3v) is 4.37. The van der Waals surface area contributed by atoms with E-state index in [9.17, 15) is 5.11 Å². The SMILES string of the molecule is C=CCCCC/C=C1\CN2CCC[C@H]2[C@@](C)(O)C1. The first-order chi connectivity index (χ1) is 8.63. The Kier molecular flexibility index (Phi) is 4.63. The van der Waals surface area contributed by atoms with Crippen LogP contribution in [0.25, 0.3) is 0 Å². The standard InChI is InChI=1S/C16H27NO/c1-3-4-5-6-7-9-14-12-16(2,18)15-10-8-11-17(15)13-14/h3,9,15,18H,1,4-8,10-13H2,2H3/b14-9-/t15-,16-/m0/s1. The lowest BCUT2D eigenvalue weighted by Gasteiger charge is -2.42. The van der Waals surface area contributed by atoms with E-state index in [4.69, 9.17) is 0 Å². The first-order valence-electron chi connectivity index (χ1n) is 7.39. The lowest BCUT2D eigenvalue weighted by atomic mass is 9.83. The molecule has 1 N–H and O–H groups in total. The molecule has 0 bridgehead atoms. The first-order valence-corrected chi connectivity index (χ1v) is 7.39. The molecule has 2 saturated heterocycles. The second kappa shape index (κ2) is 6.03. The van der Waals surface area contributed by atoms with Crippen LogP contribution < -0.4 is 0 Å². The van der Waals surface area contributed by atoms with E-state index in [1.807, 2.05) is 13.0 Å². The van der Waals surface area contributed by atoms with E-state index in [1.54, 1.807) is 0 Å². The molecular formula is C16H27NO. The van der Waals surface area contributed by atoms with Gasteiger partial charge in [-0.15, -0.1) is 6.58 Å². The van der Waals surface area contributed by atoms with Gasteiger partial charge in [0.15, 0.2) is 0 Å². The number of hydrogen-bond acceptors (Lipinski definition) is 2. The molecule has 2 fully saturated rings. The van der Waals surface area contributed by atoms with Crippen molar-refractivity contribution < 1.29 is 5.11 Å². The summed E-state index contributed by atoms with van der Waals surface area (Å²) in [6.45, 7) is 8.01. The van der Waals surface area contributed by atoms with E-state index >= 15 is 0 Å². The van der Waals surface area contributed by atoms with E-state index in [0.717, 1.165) is 32.4 Å². The first kappa shape index (κ1) is 13.8. The Balaban J connectivity index is 1.86. The zero-order valence-corrected chi connectivity index (χ0v) is 11.7. The summed E-state index contributed by atoms with van der Waals surface area (Å²) in [5.74, 6) is 0. The van der Waals surface area contributed by atoms with Crippen molar-refractivity contribution in [1.82, 2.24) is 4.90 Å². The lowest BCUT2D eigenvalue weighted by molar-refractivity contribution is -0.0329. The number of hydrogen-bond donors (Lipinski definition) is 1. The van der Waals surface area contributed by atoms with Crippen LogP contribution in [0.5, 0.6) is 0 Å². The monoisotopic (exact) mass is 249 g/mol. The van der Waals surface area contributed by atoms with E-state index in [0.29, 0.717) is 6.04 Å². The molecule has 0 aromatic carbocycles. The lowest BCUT2D eigenvalue weighted by Crippen LogP contribution is -2.52. The van der Waals surface area contributed by atoms with Gasteiger partial charge in [0.05, 0.1) is 5.60 Å². The van der Waals surface area contributed by atoms with Crippen molar-refractivity contribution in [3.8, 4) is 0 Å². The van der Waals surface area contributed by atoms with Crippen molar-refractivity contribution in [2.45, 2.75) is 63.5 Å². The fourth-order valence-corrected chi connectivity index (χ4v) is 3.49. The Morgan fingerprint density at radius 1 is 1.44 bits per heavy atom. The molecule has 0 spiro atoms. The van der Waals surface area contributed by atoms with Gasteiger partial charge in [0.2, 0.25) is 0 Å². The molecule has 2 nitrogen and oxygen atoms in total. The Hall–Kier alpha value is -0.600. The normalized spacial score (nSPS) is 34.8.